The standard InChI is InChI=1S/C19H34NO22P5/c21-19(12-8-4-3-5-9-12)20-10-6-1-2-7-11-37-13-14(38-43(22,23)24)16(40-45(28,29)30)18(42-47(34,35)36)17(41-46(31,32)33)15(13)39-44(25,26)27/h3-5,8-9,13-18H,1-2,6-7,10-11H2,(H,20,21)(H2,22,23,24)(H2,25,26,27)(H2,28,29,30)(H2,31,32,33)(H2,34,35,36)/t13?,14-,15+,16+,17-,18?. The van der Waals surface area contributed by atoms with E-state index < -0.39 is 82.3 Å². The van der Waals surface area contributed by atoms with Crippen molar-refractivity contribution in [2.24, 2.45) is 0 Å². The smallest absolute Gasteiger partial charge is 0.373 e. The molecule has 1 fully saturated rings. The van der Waals surface area contributed by atoms with Crippen LogP contribution in [0.25, 0.3) is 0 Å². The van der Waals surface area contributed by atoms with E-state index in [1.807, 2.05) is 0 Å². The predicted molar refractivity (Wildman–Crippen MR) is 152 cm³/mol. The number of carbonyl (C=O) groups excluding carboxylic acids is 1. The van der Waals surface area contributed by atoms with Gasteiger partial charge < -0.3 is 59.0 Å². The molecule has 47 heavy (non-hydrogen) atoms. The van der Waals surface area contributed by atoms with Crippen molar-refractivity contribution in [3.63, 3.8) is 0 Å². The molecule has 272 valence electrons. The molecule has 1 aromatic carbocycles. The molecule has 11 N–H and O–H groups in total. The van der Waals surface area contributed by atoms with Crippen LogP contribution in [-0.4, -0.2) is 105 Å². The molecule has 1 aliphatic rings. The Balaban J connectivity index is 2.36. The molecule has 0 aromatic heterocycles. The Morgan fingerprint density at radius 1 is 0.532 bits per heavy atom. The van der Waals surface area contributed by atoms with Crippen molar-refractivity contribution in [3.8, 4) is 0 Å². The van der Waals surface area contributed by atoms with E-state index in [9.17, 15) is 76.6 Å². The summed E-state index contributed by atoms with van der Waals surface area (Å²) in [5.41, 5.74) is 0.433. The Morgan fingerprint density at radius 2 is 0.872 bits per heavy atom. The molecule has 0 bridgehead atoms. The first-order valence-corrected chi connectivity index (χ1v) is 20.6. The fraction of sp³-hybridized carbons (Fsp3) is 0.632. The van der Waals surface area contributed by atoms with Gasteiger partial charge in [0.1, 0.15) is 36.6 Å². The Labute approximate surface area is 265 Å². The van der Waals surface area contributed by atoms with E-state index >= 15 is 0 Å². The van der Waals surface area contributed by atoms with Crippen LogP contribution in [0.2, 0.25) is 0 Å². The van der Waals surface area contributed by atoms with Crippen molar-refractivity contribution in [2.75, 3.05) is 13.2 Å². The first kappa shape index (κ1) is 42.4. The first-order chi connectivity index (χ1) is 21.4. The zero-order valence-electron chi connectivity index (χ0n) is 23.7. The lowest BCUT2D eigenvalue weighted by molar-refractivity contribution is -0.218. The summed E-state index contributed by atoms with van der Waals surface area (Å²) in [6, 6.07) is 8.31. The van der Waals surface area contributed by atoms with Gasteiger partial charge in [0.2, 0.25) is 0 Å². The lowest BCUT2D eigenvalue weighted by atomic mass is 9.85. The van der Waals surface area contributed by atoms with Crippen LogP contribution >= 0.6 is 39.1 Å². The van der Waals surface area contributed by atoms with E-state index in [0.717, 1.165) is 0 Å². The number of amides is 1. The van der Waals surface area contributed by atoms with Crippen molar-refractivity contribution in [1.82, 2.24) is 5.32 Å². The number of phosphoric acid groups is 5. The third-order valence-electron chi connectivity index (χ3n) is 5.94. The average molecular weight is 783 g/mol. The zero-order valence-corrected chi connectivity index (χ0v) is 28.2. The van der Waals surface area contributed by atoms with Crippen LogP contribution in [0.5, 0.6) is 0 Å². The van der Waals surface area contributed by atoms with Crippen molar-refractivity contribution < 1.29 is 104 Å². The molecule has 0 saturated heterocycles. The van der Waals surface area contributed by atoms with E-state index in [4.69, 9.17) is 4.74 Å². The molecule has 1 saturated carbocycles. The summed E-state index contributed by atoms with van der Waals surface area (Å²) < 4.78 is 86.7. The van der Waals surface area contributed by atoms with E-state index in [0.29, 0.717) is 24.8 Å². The monoisotopic (exact) mass is 783 g/mol. The van der Waals surface area contributed by atoms with Gasteiger partial charge in [-0.2, -0.15) is 0 Å². The summed E-state index contributed by atoms with van der Waals surface area (Å²) in [6.45, 7) is -0.254. The number of benzene rings is 1. The van der Waals surface area contributed by atoms with E-state index in [1.165, 1.54) is 0 Å². The largest absolute Gasteiger partial charge is 0.470 e. The molecule has 0 heterocycles. The minimum atomic E-state index is -5.91. The first-order valence-electron chi connectivity index (χ1n) is 13.0. The fourth-order valence-corrected chi connectivity index (χ4v) is 7.18. The maximum Gasteiger partial charge on any atom is 0.470 e. The number of unbranched alkanes of at least 4 members (excludes halogenated alkanes) is 3. The lowest BCUT2D eigenvalue weighted by Crippen LogP contribution is -2.66. The maximum absolute atomic E-state index is 12.1. The number of phosphoric ester groups is 5. The van der Waals surface area contributed by atoms with E-state index in [2.05, 4.69) is 27.9 Å². The molecule has 23 nitrogen and oxygen atoms in total. The third kappa shape index (κ3) is 16.6. The Morgan fingerprint density at radius 3 is 1.23 bits per heavy atom. The number of hydrogen-bond donors (Lipinski definition) is 11. The van der Waals surface area contributed by atoms with Gasteiger partial charge >= 0.3 is 39.1 Å². The van der Waals surface area contributed by atoms with Crippen LogP contribution in [0.15, 0.2) is 30.3 Å². The Hall–Kier alpha value is -0.800. The normalized spacial score (nSPS) is 24.6. The summed E-state index contributed by atoms with van der Waals surface area (Å²) in [6.07, 6.45) is -15.1. The van der Waals surface area contributed by atoms with E-state index in [-0.39, 0.29) is 18.9 Å². The minimum absolute atomic E-state index is 0.0465. The topological polar surface area (TPSA) is 372 Å². The van der Waals surface area contributed by atoms with Gasteiger partial charge in [0.15, 0.2) is 0 Å². The van der Waals surface area contributed by atoms with Crippen LogP contribution in [0.4, 0.5) is 0 Å². The minimum Gasteiger partial charge on any atom is -0.373 e. The van der Waals surface area contributed by atoms with Crippen molar-refractivity contribution in [1.29, 1.82) is 0 Å². The Bertz CT molecular complexity index is 1340. The number of rotatable bonds is 19. The second kappa shape index (κ2) is 17.4. The second-order valence-corrected chi connectivity index (χ2v) is 15.6. The molecule has 28 heteroatoms. The van der Waals surface area contributed by atoms with Gasteiger partial charge in [0.05, 0.1) is 0 Å². The molecule has 1 aromatic rings. The summed E-state index contributed by atoms with van der Waals surface area (Å²) in [4.78, 5) is 107. The van der Waals surface area contributed by atoms with Crippen LogP contribution in [0.3, 0.4) is 0 Å². The highest BCUT2D eigenvalue weighted by atomic mass is 31.2. The molecular formula is C19H34NO22P5. The highest BCUT2D eigenvalue weighted by Gasteiger charge is 2.61. The van der Waals surface area contributed by atoms with Gasteiger partial charge in [-0.3, -0.25) is 27.4 Å². The molecule has 0 aliphatic heterocycles. The van der Waals surface area contributed by atoms with Crippen LogP contribution in [-0.2, 0) is 50.2 Å². The molecule has 1 amide bonds. The molecule has 6 atom stereocenters. The number of nitrogens with one attached hydrogen (secondary N) is 1. The van der Waals surface area contributed by atoms with E-state index in [1.54, 1.807) is 30.3 Å². The van der Waals surface area contributed by atoms with Crippen LogP contribution < -0.4 is 5.32 Å². The number of hydrogen-bond acceptors (Lipinski definition) is 12. The summed E-state index contributed by atoms with van der Waals surface area (Å²) >= 11 is 0. The maximum atomic E-state index is 12.1. The van der Waals surface area contributed by atoms with Crippen LogP contribution in [0.1, 0.15) is 36.0 Å². The zero-order chi connectivity index (χ0) is 35.8. The highest BCUT2D eigenvalue weighted by molar-refractivity contribution is 7.47. The second-order valence-electron chi connectivity index (χ2n) is 9.67. The molecule has 1 aliphatic carbocycles. The third-order valence-corrected chi connectivity index (χ3v) is 8.53. The van der Waals surface area contributed by atoms with Crippen LogP contribution in [0, 0.1) is 0 Å². The van der Waals surface area contributed by atoms with Gasteiger partial charge in [-0.1, -0.05) is 31.0 Å². The number of ether oxygens (including phenoxy) is 1. The van der Waals surface area contributed by atoms with Crippen molar-refractivity contribution in [2.45, 2.75) is 62.3 Å². The van der Waals surface area contributed by atoms with Gasteiger partial charge in [0, 0.05) is 18.7 Å². The predicted octanol–water partition coefficient (Wildman–Crippen LogP) is -0.235. The van der Waals surface area contributed by atoms with Gasteiger partial charge in [0.25, 0.3) is 5.91 Å². The van der Waals surface area contributed by atoms with Crippen molar-refractivity contribution in [3.05, 3.63) is 35.9 Å². The quantitative estimate of drug-likeness (QED) is 0.0637. The summed E-state index contributed by atoms with van der Waals surface area (Å²) in [5.74, 6) is -0.321. The average Bonchev–Trinajstić information content (AvgIpc) is 2.88. The summed E-state index contributed by atoms with van der Waals surface area (Å²) in [5, 5.41) is 2.69. The van der Waals surface area contributed by atoms with Gasteiger partial charge in [-0.05, 0) is 25.0 Å². The SMILES string of the molecule is O=C(NCCCCCCOC1[C@@H](OP(=O)(O)O)[C@H](OP(=O)(O)O)C(OP(=O)(O)O)[C@H](OP(=O)(O)O)[C@H]1OP(=O)(O)O)c1ccccc1. The Kier molecular flexibility index (Phi) is 15.7. The molecule has 2 rings (SSSR count). The highest BCUT2D eigenvalue weighted by Crippen LogP contribution is 2.55. The fourth-order valence-electron chi connectivity index (χ4n) is 4.40. The molecule has 0 radical (unpaired) electrons. The molecule has 2 unspecified atom stereocenters. The van der Waals surface area contributed by atoms with Crippen molar-refractivity contribution >= 4 is 45.0 Å². The number of carbonyl (C=O) groups is 1. The van der Waals surface area contributed by atoms with Gasteiger partial charge in [-0.15, -0.1) is 0 Å². The molecule has 0 spiro atoms. The van der Waals surface area contributed by atoms with Gasteiger partial charge in [-0.25, -0.2) is 22.8 Å². The summed E-state index contributed by atoms with van der Waals surface area (Å²) in [7, 11) is -29.3. The lowest BCUT2D eigenvalue weighted by Gasteiger charge is -2.48. The molecular weight excluding hydrogens is 749 g/mol.